The second-order valence-corrected chi connectivity index (χ2v) is 4.66. The van der Waals surface area contributed by atoms with Gasteiger partial charge in [-0.1, -0.05) is 26.7 Å². The molecule has 0 amide bonds. The van der Waals surface area contributed by atoms with Gasteiger partial charge < -0.3 is 10.4 Å². The van der Waals surface area contributed by atoms with Crippen LogP contribution in [0.1, 0.15) is 44.0 Å². The number of ketones is 1. The summed E-state index contributed by atoms with van der Waals surface area (Å²) in [6.45, 7) is 6.29. The van der Waals surface area contributed by atoms with Crippen LogP contribution in [0.4, 0.5) is 5.69 Å². The first-order valence-electron chi connectivity index (χ1n) is 6.61. The highest BCUT2D eigenvalue weighted by molar-refractivity contribution is 5.94. The third-order valence-corrected chi connectivity index (χ3v) is 3.40. The van der Waals surface area contributed by atoms with Gasteiger partial charge in [0.1, 0.15) is 0 Å². The maximum Gasteiger partial charge on any atom is 0.159 e. The minimum Gasteiger partial charge on any atom is -0.391 e. The first kappa shape index (κ1) is 14.7. The van der Waals surface area contributed by atoms with Gasteiger partial charge in [-0.2, -0.15) is 0 Å². The van der Waals surface area contributed by atoms with E-state index in [2.05, 4.69) is 19.2 Å². The molecule has 0 aliphatic carbocycles. The Bertz CT molecular complexity index is 369. The van der Waals surface area contributed by atoms with Crippen molar-refractivity contribution in [3.8, 4) is 0 Å². The molecule has 0 saturated heterocycles. The van der Waals surface area contributed by atoms with Crippen LogP contribution < -0.4 is 5.32 Å². The van der Waals surface area contributed by atoms with Crippen molar-refractivity contribution in [3.63, 3.8) is 0 Å². The van der Waals surface area contributed by atoms with E-state index in [0.29, 0.717) is 18.0 Å². The van der Waals surface area contributed by atoms with Gasteiger partial charge in [-0.15, -0.1) is 0 Å². The number of carbonyl (C=O) groups is 1. The smallest absolute Gasteiger partial charge is 0.159 e. The summed E-state index contributed by atoms with van der Waals surface area (Å²) in [7, 11) is 0. The SMILES string of the molecule is CCC(CC)C(O)CNc1ccc(C(C)=O)cc1. The molecule has 1 rings (SSSR count). The Kier molecular flexibility index (Phi) is 5.86. The molecule has 0 radical (unpaired) electrons. The van der Waals surface area contributed by atoms with Crippen LogP contribution in [-0.4, -0.2) is 23.5 Å². The molecule has 18 heavy (non-hydrogen) atoms. The van der Waals surface area contributed by atoms with Gasteiger partial charge in [-0.3, -0.25) is 4.79 Å². The normalized spacial score (nSPS) is 12.5. The Labute approximate surface area is 109 Å². The number of nitrogens with one attached hydrogen (secondary N) is 1. The molecule has 0 aromatic heterocycles. The van der Waals surface area contributed by atoms with Gasteiger partial charge in [0.2, 0.25) is 0 Å². The molecule has 0 heterocycles. The van der Waals surface area contributed by atoms with Gasteiger partial charge in [0.25, 0.3) is 0 Å². The molecular weight excluding hydrogens is 226 g/mol. The Balaban J connectivity index is 2.50. The third kappa shape index (κ3) is 4.15. The van der Waals surface area contributed by atoms with Crippen molar-refractivity contribution in [1.82, 2.24) is 0 Å². The van der Waals surface area contributed by atoms with Gasteiger partial charge in [0.15, 0.2) is 5.78 Å². The number of carbonyl (C=O) groups excluding carboxylic acids is 1. The monoisotopic (exact) mass is 249 g/mol. The van der Waals surface area contributed by atoms with E-state index in [1.165, 1.54) is 0 Å². The quantitative estimate of drug-likeness (QED) is 0.730. The van der Waals surface area contributed by atoms with Crippen LogP contribution in [0.3, 0.4) is 0 Å². The predicted octanol–water partition coefficient (Wildman–Crippen LogP) is 3.10. The van der Waals surface area contributed by atoms with Crippen molar-refractivity contribution < 1.29 is 9.90 Å². The molecule has 1 aromatic rings. The van der Waals surface area contributed by atoms with E-state index < -0.39 is 0 Å². The fourth-order valence-electron chi connectivity index (χ4n) is 2.04. The molecule has 0 bridgehead atoms. The largest absolute Gasteiger partial charge is 0.391 e. The Hall–Kier alpha value is -1.35. The predicted molar refractivity (Wildman–Crippen MR) is 75.0 cm³/mol. The van der Waals surface area contributed by atoms with Gasteiger partial charge in [0.05, 0.1) is 6.10 Å². The van der Waals surface area contributed by atoms with Crippen LogP contribution in [0, 0.1) is 5.92 Å². The summed E-state index contributed by atoms with van der Waals surface area (Å²) >= 11 is 0. The van der Waals surface area contributed by atoms with Crippen LogP contribution >= 0.6 is 0 Å². The van der Waals surface area contributed by atoms with E-state index in [4.69, 9.17) is 0 Å². The number of aliphatic hydroxyl groups is 1. The van der Waals surface area contributed by atoms with Crippen LogP contribution in [0.15, 0.2) is 24.3 Å². The lowest BCUT2D eigenvalue weighted by atomic mass is 9.96. The summed E-state index contributed by atoms with van der Waals surface area (Å²) in [4.78, 5) is 11.1. The number of Topliss-reactive ketones (excluding diaryl/α,β-unsaturated/α-hetero) is 1. The van der Waals surface area contributed by atoms with E-state index >= 15 is 0 Å². The first-order chi connectivity index (χ1) is 8.58. The Morgan fingerprint density at radius 3 is 2.22 bits per heavy atom. The molecular formula is C15H23NO2. The van der Waals surface area contributed by atoms with Crippen molar-refractivity contribution >= 4 is 11.5 Å². The summed E-state index contributed by atoms with van der Waals surface area (Å²) in [5, 5.41) is 13.2. The number of anilines is 1. The molecule has 1 atom stereocenters. The van der Waals surface area contributed by atoms with Crippen LogP contribution in [0.25, 0.3) is 0 Å². The van der Waals surface area contributed by atoms with E-state index in [1.54, 1.807) is 19.1 Å². The zero-order chi connectivity index (χ0) is 13.5. The highest BCUT2D eigenvalue weighted by Gasteiger charge is 2.14. The summed E-state index contributed by atoms with van der Waals surface area (Å²) in [6.07, 6.45) is 1.65. The van der Waals surface area contributed by atoms with Gasteiger partial charge in [0, 0.05) is 17.8 Å². The van der Waals surface area contributed by atoms with E-state index in [-0.39, 0.29) is 11.9 Å². The highest BCUT2D eigenvalue weighted by Crippen LogP contribution is 2.15. The zero-order valence-corrected chi connectivity index (χ0v) is 11.4. The fourth-order valence-corrected chi connectivity index (χ4v) is 2.04. The molecule has 100 valence electrons. The van der Waals surface area contributed by atoms with Crippen molar-refractivity contribution in [2.75, 3.05) is 11.9 Å². The summed E-state index contributed by atoms with van der Waals surface area (Å²) in [5.41, 5.74) is 1.64. The molecule has 0 aliphatic heterocycles. The van der Waals surface area contributed by atoms with Crippen molar-refractivity contribution in [2.24, 2.45) is 5.92 Å². The summed E-state index contributed by atoms with van der Waals surface area (Å²) in [6, 6.07) is 7.34. The topological polar surface area (TPSA) is 49.3 Å². The summed E-state index contributed by atoms with van der Waals surface area (Å²) < 4.78 is 0. The molecule has 0 saturated carbocycles. The van der Waals surface area contributed by atoms with Crippen molar-refractivity contribution in [2.45, 2.75) is 39.7 Å². The molecule has 1 unspecified atom stereocenters. The fraction of sp³-hybridized carbons (Fsp3) is 0.533. The number of benzene rings is 1. The molecule has 0 fully saturated rings. The maximum atomic E-state index is 11.1. The van der Waals surface area contributed by atoms with Crippen molar-refractivity contribution in [1.29, 1.82) is 0 Å². The number of hydrogen-bond donors (Lipinski definition) is 2. The second kappa shape index (κ2) is 7.17. The van der Waals surface area contributed by atoms with Gasteiger partial charge in [-0.05, 0) is 37.1 Å². The van der Waals surface area contributed by atoms with Crippen LogP contribution in [0.5, 0.6) is 0 Å². The standard InChI is InChI=1S/C15H23NO2/c1-4-12(5-2)15(18)10-16-14-8-6-13(7-9-14)11(3)17/h6-9,12,15-16,18H,4-5,10H2,1-3H3. The lowest BCUT2D eigenvalue weighted by Crippen LogP contribution is -2.27. The zero-order valence-electron chi connectivity index (χ0n) is 11.4. The van der Waals surface area contributed by atoms with E-state index in [0.717, 1.165) is 18.5 Å². The maximum absolute atomic E-state index is 11.1. The number of rotatable bonds is 7. The number of aliphatic hydroxyl groups excluding tert-OH is 1. The van der Waals surface area contributed by atoms with Gasteiger partial charge >= 0.3 is 0 Å². The molecule has 0 aliphatic rings. The molecule has 2 N–H and O–H groups in total. The lowest BCUT2D eigenvalue weighted by molar-refractivity contribution is 0.101. The van der Waals surface area contributed by atoms with Crippen molar-refractivity contribution in [3.05, 3.63) is 29.8 Å². The first-order valence-corrected chi connectivity index (χ1v) is 6.61. The Morgan fingerprint density at radius 2 is 1.78 bits per heavy atom. The average Bonchev–Trinajstić information content (AvgIpc) is 2.38. The summed E-state index contributed by atoms with van der Waals surface area (Å²) in [5.74, 6) is 0.410. The molecule has 3 nitrogen and oxygen atoms in total. The second-order valence-electron chi connectivity index (χ2n) is 4.66. The van der Waals surface area contributed by atoms with Gasteiger partial charge in [-0.25, -0.2) is 0 Å². The minimum atomic E-state index is -0.326. The van der Waals surface area contributed by atoms with Crippen LogP contribution in [0.2, 0.25) is 0 Å². The van der Waals surface area contributed by atoms with E-state index in [1.807, 2.05) is 12.1 Å². The Morgan fingerprint density at radius 1 is 1.22 bits per heavy atom. The minimum absolute atomic E-state index is 0.0682. The average molecular weight is 249 g/mol. The highest BCUT2D eigenvalue weighted by atomic mass is 16.3. The number of hydrogen-bond acceptors (Lipinski definition) is 3. The molecule has 3 heteroatoms. The molecule has 0 spiro atoms. The molecule has 1 aromatic carbocycles. The van der Waals surface area contributed by atoms with E-state index in [9.17, 15) is 9.90 Å². The third-order valence-electron chi connectivity index (χ3n) is 3.40. The van der Waals surface area contributed by atoms with Crippen LogP contribution in [-0.2, 0) is 0 Å². The lowest BCUT2D eigenvalue weighted by Gasteiger charge is -2.20.